The molecular weight excluding hydrogens is 302 g/mol. The Morgan fingerprint density at radius 1 is 1.36 bits per heavy atom. The summed E-state index contributed by atoms with van der Waals surface area (Å²) in [5.74, 6) is -1.10. The van der Waals surface area contributed by atoms with Crippen molar-refractivity contribution in [3.63, 3.8) is 0 Å². The third-order valence-corrected chi connectivity index (χ3v) is 3.04. The van der Waals surface area contributed by atoms with Gasteiger partial charge in [-0.25, -0.2) is 0 Å². The van der Waals surface area contributed by atoms with Gasteiger partial charge in [-0.1, -0.05) is 12.2 Å². The number of rotatable bonds is 7. The van der Waals surface area contributed by atoms with Crippen molar-refractivity contribution in [1.29, 1.82) is 5.41 Å². The highest BCUT2D eigenvalue weighted by atomic mass is 32.1. The number of hydrogen-bond donors (Lipinski definition) is 5. The van der Waals surface area contributed by atoms with Gasteiger partial charge in [0.1, 0.15) is 6.04 Å². The van der Waals surface area contributed by atoms with Gasteiger partial charge in [0.2, 0.25) is 5.91 Å². The minimum Gasteiger partial charge on any atom is -0.374 e. The van der Waals surface area contributed by atoms with Gasteiger partial charge in [-0.2, -0.15) is 0 Å². The third-order valence-electron chi connectivity index (χ3n) is 2.79. The molecule has 0 fully saturated rings. The molecule has 1 unspecified atom stereocenters. The summed E-state index contributed by atoms with van der Waals surface area (Å²) in [7, 11) is 0. The van der Waals surface area contributed by atoms with Gasteiger partial charge in [0.15, 0.2) is 0 Å². The molecule has 7 nitrogen and oxygen atoms in total. The van der Waals surface area contributed by atoms with E-state index in [2.05, 4.69) is 10.6 Å². The summed E-state index contributed by atoms with van der Waals surface area (Å²) in [6, 6.07) is 4.20. The van der Waals surface area contributed by atoms with Crippen molar-refractivity contribution in [2.24, 2.45) is 11.5 Å². The van der Waals surface area contributed by atoms with Gasteiger partial charge in [-0.05, 0) is 32.0 Å². The fraction of sp³-hybridized carbons (Fsp3) is 0.286. The molecule has 0 aliphatic rings. The molecule has 0 saturated carbocycles. The van der Waals surface area contributed by atoms with Gasteiger partial charge in [0, 0.05) is 17.8 Å². The molecule has 2 amide bonds. The number of benzene rings is 1. The van der Waals surface area contributed by atoms with E-state index in [9.17, 15) is 9.59 Å². The SMILES string of the molecule is CC(=N)CC(=S)Nc1cc(NC(C)C(N)=O)ccc1C(N)=O. The standard InChI is InChI=1S/C14H19N5O2S/c1-7(15)5-12(22)19-11-6-9(18-8(2)13(16)20)3-4-10(11)14(17)21/h3-4,6,8,15,18H,5H2,1-2H3,(H2,16,20)(H2,17,21)(H,19,22). The summed E-state index contributed by atoms with van der Waals surface area (Å²) in [6.45, 7) is 3.26. The Morgan fingerprint density at radius 3 is 2.50 bits per heavy atom. The van der Waals surface area contributed by atoms with Gasteiger partial charge in [0.05, 0.1) is 16.2 Å². The predicted octanol–water partition coefficient (Wildman–Crippen LogP) is 1.24. The van der Waals surface area contributed by atoms with Crippen LogP contribution in [0.1, 0.15) is 30.6 Å². The minimum absolute atomic E-state index is 0.266. The monoisotopic (exact) mass is 321 g/mol. The lowest BCUT2D eigenvalue weighted by molar-refractivity contribution is -0.118. The molecule has 22 heavy (non-hydrogen) atoms. The van der Waals surface area contributed by atoms with E-state index >= 15 is 0 Å². The van der Waals surface area contributed by atoms with Crippen molar-refractivity contribution < 1.29 is 9.59 Å². The number of carbonyl (C=O) groups is 2. The van der Waals surface area contributed by atoms with Crippen LogP contribution in [-0.2, 0) is 4.79 Å². The van der Waals surface area contributed by atoms with Crippen molar-refractivity contribution in [2.75, 3.05) is 10.6 Å². The Balaban J connectivity index is 3.04. The molecule has 7 N–H and O–H groups in total. The van der Waals surface area contributed by atoms with E-state index in [0.717, 1.165) is 0 Å². The average molecular weight is 321 g/mol. The van der Waals surface area contributed by atoms with Gasteiger partial charge >= 0.3 is 0 Å². The highest BCUT2D eigenvalue weighted by Gasteiger charge is 2.13. The molecule has 0 heterocycles. The molecule has 1 aromatic rings. The maximum Gasteiger partial charge on any atom is 0.250 e. The van der Waals surface area contributed by atoms with Crippen molar-refractivity contribution in [1.82, 2.24) is 0 Å². The number of hydrogen-bond acceptors (Lipinski definition) is 5. The van der Waals surface area contributed by atoms with Crippen molar-refractivity contribution in [3.05, 3.63) is 23.8 Å². The highest BCUT2D eigenvalue weighted by Crippen LogP contribution is 2.22. The minimum atomic E-state index is -0.605. The first kappa shape index (κ1) is 17.6. The molecule has 0 spiro atoms. The first-order valence-corrected chi connectivity index (χ1v) is 6.95. The smallest absolute Gasteiger partial charge is 0.250 e. The lowest BCUT2D eigenvalue weighted by atomic mass is 10.1. The van der Waals surface area contributed by atoms with Crippen LogP contribution < -0.4 is 22.1 Å². The van der Waals surface area contributed by atoms with Crippen LogP contribution in [-0.4, -0.2) is 28.6 Å². The Morgan fingerprint density at radius 2 is 2.00 bits per heavy atom. The maximum absolute atomic E-state index is 11.5. The molecule has 0 radical (unpaired) electrons. The van der Waals surface area contributed by atoms with Crippen LogP contribution in [0.5, 0.6) is 0 Å². The van der Waals surface area contributed by atoms with E-state index in [-0.39, 0.29) is 12.0 Å². The van der Waals surface area contributed by atoms with E-state index in [1.165, 1.54) is 6.07 Å². The zero-order valence-electron chi connectivity index (χ0n) is 12.4. The largest absolute Gasteiger partial charge is 0.374 e. The molecule has 0 aliphatic carbocycles. The summed E-state index contributed by atoms with van der Waals surface area (Å²) in [5.41, 5.74) is 12.2. The van der Waals surface area contributed by atoms with Crippen molar-refractivity contribution in [2.45, 2.75) is 26.3 Å². The zero-order chi connectivity index (χ0) is 16.9. The summed E-state index contributed by atoms with van der Waals surface area (Å²) >= 11 is 5.13. The van der Waals surface area contributed by atoms with Crippen LogP contribution >= 0.6 is 12.2 Å². The molecule has 0 saturated heterocycles. The van der Waals surface area contributed by atoms with Crippen molar-refractivity contribution >= 4 is 46.1 Å². The second kappa shape index (κ2) is 7.51. The Hall–Kier alpha value is -2.48. The maximum atomic E-state index is 11.5. The van der Waals surface area contributed by atoms with E-state index < -0.39 is 17.9 Å². The molecule has 1 aromatic carbocycles. The van der Waals surface area contributed by atoms with E-state index in [0.29, 0.717) is 22.1 Å². The molecule has 8 heteroatoms. The zero-order valence-corrected chi connectivity index (χ0v) is 13.2. The average Bonchev–Trinajstić information content (AvgIpc) is 2.37. The van der Waals surface area contributed by atoms with Gasteiger partial charge < -0.3 is 27.5 Å². The quantitative estimate of drug-likeness (QED) is 0.380. The van der Waals surface area contributed by atoms with E-state index in [4.69, 9.17) is 29.1 Å². The summed E-state index contributed by atoms with van der Waals surface area (Å²) in [5, 5.41) is 13.2. The topological polar surface area (TPSA) is 134 Å². The first-order chi connectivity index (χ1) is 10.2. The fourth-order valence-electron chi connectivity index (χ4n) is 1.71. The molecular formula is C14H19N5O2S. The molecule has 0 aromatic heterocycles. The van der Waals surface area contributed by atoms with Crippen LogP contribution in [0, 0.1) is 5.41 Å². The lowest BCUT2D eigenvalue weighted by Gasteiger charge is -2.16. The normalized spacial score (nSPS) is 11.4. The Labute approximate surface area is 133 Å². The molecule has 1 atom stereocenters. The second-order valence-electron chi connectivity index (χ2n) is 4.90. The highest BCUT2D eigenvalue weighted by molar-refractivity contribution is 7.80. The van der Waals surface area contributed by atoms with Gasteiger partial charge in [-0.15, -0.1) is 0 Å². The number of carbonyl (C=O) groups excluding carboxylic acids is 2. The second-order valence-corrected chi connectivity index (χ2v) is 5.39. The number of thiocarbonyl (C=S) groups is 1. The third kappa shape index (κ3) is 5.13. The van der Waals surface area contributed by atoms with Gasteiger partial charge in [-0.3, -0.25) is 9.59 Å². The summed E-state index contributed by atoms with van der Waals surface area (Å²) < 4.78 is 0. The number of nitrogens with one attached hydrogen (secondary N) is 3. The van der Waals surface area contributed by atoms with Crippen LogP contribution in [0.25, 0.3) is 0 Å². The predicted molar refractivity (Wildman–Crippen MR) is 91.5 cm³/mol. The van der Waals surface area contributed by atoms with Crippen LogP contribution in [0.2, 0.25) is 0 Å². The van der Waals surface area contributed by atoms with E-state index in [1.54, 1.807) is 26.0 Å². The van der Waals surface area contributed by atoms with Gasteiger partial charge in [0.25, 0.3) is 5.91 Å². The first-order valence-electron chi connectivity index (χ1n) is 6.54. The Kier molecular flexibility index (Phi) is 6.00. The molecule has 0 bridgehead atoms. The van der Waals surface area contributed by atoms with Crippen LogP contribution in [0.4, 0.5) is 11.4 Å². The summed E-state index contributed by atoms with van der Waals surface area (Å²) in [4.78, 5) is 23.0. The molecule has 1 rings (SSSR count). The fourth-order valence-corrected chi connectivity index (χ4v) is 2.04. The number of primary amides is 2. The Bertz CT molecular complexity index is 630. The van der Waals surface area contributed by atoms with Crippen LogP contribution in [0.15, 0.2) is 18.2 Å². The number of nitrogens with two attached hydrogens (primary N) is 2. The lowest BCUT2D eigenvalue weighted by Crippen LogP contribution is -2.32. The van der Waals surface area contributed by atoms with Crippen molar-refractivity contribution in [3.8, 4) is 0 Å². The molecule has 0 aliphatic heterocycles. The van der Waals surface area contributed by atoms with E-state index in [1.807, 2.05) is 0 Å². The molecule has 118 valence electrons. The number of anilines is 2. The summed E-state index contributed by atoms with van der Waals surface area (Å²) in [6.07, 6.45) is 0.281. The van der Waals surface area contributed by atoms with Crippen LogP contribution in [0.3, 0.4) is 0 Å². The number of amides is 2.